The summed E-state index contributed by atoms with van der Waals surface area (Å²) >= 11 is 0. The lowest BCUT2D eigenvalue weighted by Gasteiger charge is -2.35. The molecule has 1 aliphatic rings. The normalized spacial score (nSPS) is 13.9. The van der Waals surface area contributed by atoms with Crippen LogP contribution >= 0.6 is 0 Å². The number of rotatable bonds is 5. The highest BCUT2D eigenvalue weighted by Crippen LogP contribution is 2.14. The predicted octanol–water partition coefficient (Wildman–Crippen LogP) is 0.722. The fourth-order valence-electron chi connectivity index (χ4n) is 3.05. The molecule has 0 unspecified atom stereocenters. The van der Waals surface area contributed by atoms with Gasteiger partial charge in [0, 0.05) is 37.3 Å². The topological polar surface area (TPSA) is 90.0 Å². The lowest BCUT2D eigenvalue weighted by molar-refractivity contribution is -0.255. The Morgan fingerprint density at radius 1 is 0.893 bits per heavy atom. The molecule has 0 aromatic heterocycles. The third-order valence-corrected chi connectivity index (χ3v) is 4.68. The van der Waals surface area contributed by atoms with Gasteiger partial charge in [0.25, 0.3) is 11.8 Å². The van der Waals surface area contributed by atoms with Crippen LogP contribution in [0.25, 0.3) is 0 Å². The van der Waals surface area contributed by atoms with Crippen LogP contribution in [-0.4, -0.2) is 60.4 Å². The van der Waals surface area contributed by atoms with E-state index in [1.165, 1.54) is 12.1 Å². The maximum absolute atomic E-state index is 12.6. The number of carboxylic acids is 1. The first-order valence-corrected chi connectivity index (χ1v) is 9.02. The molecule has 0 saturated carbocycles. The zero-order valence-corrected chi connectivity index (χ0v) is 15.6. The average Bonchev–Trinajstić information content (AvgIpc) is 2.72. The maximum atomic E-state index is 12.6. The van der Waals surface area contributed by atoms with E-state index >= 15 is 0 Å². The lowest BCUT2D eigenvalue weighted by Crippen LogP contribution is -2.51. The Balaban J connectivity index is 1.54. The van der Waals surface area contributed by atoms with Crippen LogP contribution in [0.5, 0.6) is 5.75 Å². The van der Waals surface area contributed by atoms with Crippen LogP contribution in [0.3, 0.4) is 0 Å². The van der Waals surface area contributed by atoms with Gasteiger partial charge in [-0.3, -0.25) is 9.59 Å². The molecule has 0 bridgehead atoms. The Bertz CT molecular complexity index is 871. The summed E-state index contributed by atoms with van der Waals surface area (Å²) in [6.45, 7) is 3.31. The molecule has 0 aliphatic carbocycles. The van der Waals surface area contributed by atoms with E-state index < -0.39 is 5.97 Å². The second-order valence-electron chi connectivity index (χ2n) is 6.61. The number of hydrogen-bond donors (Lipinski definition) is 0. The van der Waals surface area contributed by atoms with E-state index in [9.17, 15) is 19.5 Å². The number of aromatic carboxylic acids is 1. The zero-order valence-electron chi connectivity index (χ0n) is 15.6. The van der Waals surface area contributed by atoms with Gasteiger partial charge in [-0.05, 0) is 25.1 Å². The molecule has 7 nitrogen and oxygen atoms in total. The molecule has 0 N–H and O–H groups in total. The fourth-order valence-corrected chi connectivity index (χ4v) is 3.05. The number of piperazine rings is 1. The molecule has 3 rings (SSSR count). The molecule has 2 aromatic rings. The number of ether oxygens (including phenoxy) is 1. The SMILES string of the molecule is Cc1ccc(OCC(=O)N2CCN(C(=O)c3ccccc3C(=O)[O-])CC2)cc1. The molecule has 0 radical (unpaired) electrons. The molecule has 0 atom stereocenters. The molecule has 1 saturated heterocycles. The second kappa shape index (κ2) is 8.56. The Kier molecular flexibility index (Phi) is 5.93. The summed E-state index contributed by atoms with van der Waals surface area (Å²) in [7, 11) is 0. The van der Waals surface area contributed by atoms with E-state index in [4.69, 9.17) is 4.74 Å². The van der Waals surface area contributed by atoms with Gasteiger partial charge in [-0.15, -0.1) is 0 Å². The van der Waals surface area contributed by atoms with Crippen molar-refractivity contribution < 1.29 is 24.2 Å². The Labute approximate surface area is 163 Å². The molecule has 1 fully saturated rings. The van der Waals surface area contributed by atoms with Crippen LogP contribution in [0.15, 0.2) is 48.5 Å². The molecule has 2 aromatic carbocycles. The Morgan fingerprint density at radius 3 is 2.07 bits per heavy atom. The van der Waals surface area contributed by atoms with E-state index in [-0.39, 0.29) is 29.5 Å². The predicted molar refractivity (Wildman–Crippen MR) is 99.9 cm³/mol. The smallest absolute Gasteiger partial charge is 0.260 e. The minimum absolute atomic E-state index is 0.0650. The van der Waals surface area contributed by atoms with Crippen molar-refractivity contribution in [3.05, 3.63) is 65.2 Å². The molecule has 28 heavy (non-hydrogen) atoms. The van der Waals surface area contributed by atoms with E-state index in [1.54, 1.807) is 21.9 Å². The highest BCUT2D eigenvalue weighted by Gasteiger charge is 2.26. The highest BCUT2D eigenvalue weighted by molar-refractivity contribution is 6.04. The molecule has 0 spiro atoms. The van der Waals surface area contributed by atoms with E-state index in [1.807, 2.05) is 31.2 Å². The third kappa shape index (κ3) is 4.49. The standard InChI is InChI=1S/C21H22N2O5/c1-15-6-8-16(9-7-15)28-14-19(24)22-10-12-23(13-11-22)20(25)17-4-2-3-5-18(17)21(26)27/h2-9H,10-14H2,1H3,(H,26,27)/p-1. The van der Waals surface area contributed by atoms with Crippen molar-refractivity contribution in [2.75, 3.05) is 32.8 Å². The van der Waals surface area contributed by atoms with Gasteiger partial charge in [0.05, 0.1) is 5.97 Å². The maximum Gasteiger partial charge on any atom is 0.260 e. The third-order valence-electron chi connectivity index (χ3n) is 4.68. The van der Waals surface area contributed by atoms with Crippen molar-refractivity contribution in [2.24, 2.45) is 0 Å². The fraction of sp³-hybridized carbons (Fsp3) is 0.286. The molecule has 1 aliphatic heterocycles. The number of aryl methyl sites for hydroxylation is 1. The van der Waals surface area contributed by atoms with Crippen LogP contribution in [0, 0.1) is 6.92 Å². The van der Waals surface area contributed by atoms with Gasteiger partial charge in [0.1, 0.15) is 5.75 Å². The summed E-state index contributed by atoms with van der Waals surface area (Å²) in [6.07, 6.45) is 0. The molecule has 7 heteroatoms. The van der Waals surface area contributed by atoms with Crippen LogP contribution in [0.2, 0.25) is 0 Å². The minimum atomic E-state index is -1.38. The summed E-state index contributed by atoms with van der Waals surface area (Å²) in [4.78, 5) is 39.4. The summed E-state index contributed by atoms with van der Waals surface area (Å²) in [6, 6.07) is 13.4. The summed E-state index contributed by atoms with van der Waals surface area (Å²) in [5, 5.41) is 11.2. The van der Waals surface area contributed by atoms with Crippen molar-refractivity contribution in [3.8, 4) is 5.75 Å². The van der Waals surface area contributed by atoms with Crippen molar-refractivity contribution in [1.82, 2.24) is 9.80 Å². The summed E-state index contributed by atoms with van der Waals surface area (Å²) in [5.41, 5.74) is 1.09. The number of amides is 2. The van der Waals surface area contributed by atoms with Gasteiger partial charge < -0.3 is 24.4 Å². The first-order valence-electron chi connectivity index (χ1n) is 9.02. The second-order valence-corrected chi connectivity index (χ2v) is 6.61. The molecule has 1 heterocycles. The lowest BCUT2D eigenvalue weighted by atomic mass is 10.1. The van der Waals surface area contributed by atoms with Crippen LogP contribution in [-0.2, 0) is 4.79 Å². The van der Waals surface area contributed by atoms with Gasteiger partial charge in [-0.2, -0.15) is 0 Å². The number of hydrogen-bond acceptors (Lipinski definition) is 5. The largest absolute Gasteiger partial charge is 0.545 e. The molecule has 2 amide bonds. The van der Waals surface area contributed by atoms with Crippen LogP contribution in [0.1, 0.15) is 26.3 Å². The summed E-state index contributed by atoms with van der Waals surface area (Å²) in [5.74, 6) is -1.27. The van der Waals surface area contributed by atoms with Crippen LogP contribution < -0.4 is 9.84 Å². The number of carboxylic acid groups (broad SMARTS) is 1. The minimum Gasteiger partial charge on any atom is -0.545 e. The van der Waals surface area contributed by atoms with Crippen molar-refractivity contribution >= 4 is 17.8 Å². The monoisotopic (exact) mass is 381 g/mol. The van der Waals surface area contributed by atoms with Crippen LogP contribution in [0.4, 0.5) is 0 Å². The van der Waals surface area contributed by atoms with Gasteiger partial charge in [0.2, 0.25) is 0 Å². The quantitative estimate of drug-likeness (QED) is 0.761. The Hall–Kier alpha value is -3.35. The van der Waals surface area contributed by atoms with Gasteiger partial charge in [0.15, 0.2) is 6.61 Å². The van der Waals surface area contributed by atoms with Crippen molar-refractivity contribution in [1.29, 1.82) is 0 Å². The average molecular weight is 381 g/mol. The molecular formula is C21H21N2O5-. The van der Waals surface area contributed by atoms with Crippen molar-refractivity contribution in [3.63, 3.8) is 0 Å². The number of carbonyl (C=O) groups is 3. The first kappa shape index (κ1) is 19.4. The van der Waals surface area contributed by atoms with E-state index in [0.29, 0.717) is 31.9 Å². The molecule has 146 valence electrons. The first-order chi connectivity index (χ1) is 13.5. The van der Waals surface area contributed by atoms with Gasteiger partial charge >= 0.3 is 0 Å². The van der Waals surface area contributed by atoms with Gasteiger partial charge in [-0.25, -0.2) is 0 Å². The van der Waals surface area contributed by atoms with E-state index in [2.05, 4.69) is 0 Å². The number of nitrogens with zero attached hydrogens (tertiary/aromatic N) is 2. The number of benzene rings is 2. The summed E-state index contributed by atoms with van der Waals surface area (Å²) < 4.78 is 5.52. The number of carbonyl (C=O) groups excluding carboxylic acids is 3. The zero-order chi connectivity index (χ0) is 20.1. The Morgan fingerprint density at radius 2 is 1.46 bits per heavy atom. The highest BCUT2D eigenvalue weighted by atomic mass is 16.5. The van der Waals surface area contributed by atoms with Crippen molar-refractivity contribution in [2.45, 2.75) is 6.92 Å². The van der Waals surface area contributed by atoms with Gasteiger partial charge in [-0.1, -0.05) is 35.9 Å². The van der Waals surface area contributed by atoms with E-state index in [0.717, 1.165) is 5.56 Å². The molecular weight excluding hydrogens is 360 g/mol.